The minimum absolute atomic E-state index is 0.0485. The van der Waals surface area contributed by atoms with Gasteiger partial charge in [-0.2, -0.15) is 13.2 Å². The van der Waals surface area contributed by atoms with Crippen LogP contribution < -0.4 is 16.4 Å². The molecule has 4 rings (SSSR count). The van der Waals surface area contributed by atoms with E-state index in [1.54, 1.807) is 24.3 Å². The number of halogens is 4. The van der Waals surface area contributed by atoms with Gasteiger partial charge in [0.05, 0.1) is 29.1 Å². The number of carbonyl (C=O) groups is 2. The van der Waals surface area contributed by atoms with Crippen molar-refractivity contribution in [2.24, 2.45) is 10.4 Å². The van der Waals surface area contributed by atoms with Crippen LogP contribution in [0.1, 0.15) is 27.9 Å². The van der Waals surface area contributed by atoms with Gasteiger partial charge in [-0.1, -0.05) is 12.1 Å². The van der Waals surface area contributed by atoms with Crippen LogP contribution in [0.3, 0.4) is 0 Å². The minimum Gasteiger partial charge on any atom is -0.397 e. The lowest BCUT2D eigenvalue weighted by Gasteiger charge is -2.21. The fourth-order valence-corrected chi connectivity index (χ4v) is 3.83. The van der Waals surface area contributed by atoms with Gasteiger partial charge >= 0.3 is 6.18 Å². The number of anilines is 3. The summed E-state index contributed by atoms with van der Waals surface area (Å²) >= 11 is 0. The molecule has 38 heavy (non-hydrogen) atoms. The van der Waals surface area contributed by atoms with Crippen molar-refractivity contribution in [2.75, 3.05) is 24.3 Å². The van der Waals surface area contributed by atoms with Crippen molar-refractivity contribution in [3.63, 3.8) is 0 Å². The number of aromatic nitrogens is 1. The summed E-state index contributed by atoms with van der Waals surface area (Å²) in [7, 11) is 0. The van der Waals surface area contributed by atoms with Gasteiger partial charge < -0.3 is 21.1 Å². The molecule has 0 bridgehead atoms. The van der Waals surface area contributed by atoms with Crippen molar-refractivity contribution in [1.29, 1.82) is 0 Å². The zero-order chi connectivity index (χ0) is 27.3. The Morgan fingerprint density at radius 3 is 2.55 bits per heavy atom. The van der Waals surface area contributed by atoms with Crippen molar-refractivity contribution in [3.05, 3.63) is 83.4 Å². The molecular formula is C26H23F4N5O3. The Balaban J connectivity index is 1.40. The Kier molecular flexibility index (Phi) is 7.72. The maximum Gasteiger partial charge on any atom is 0.418 e. The zero-order valence-corrected chi connectivity index (χ0v) is 19.9. The molecule has 0 spiro atoms. The van der Waals surface area contributed by atoms with Crippen LogP contribution in [0.25, 0.3) is 0 Å². The first kappa shape index (κ1) is 26.7. The molecule has 0 saturated carbocycles. The van der Waals surface area contributed by atoms with Crippen molar-refractivity contribution in [3.8, 4) is 0 Å². The van der Waals surface area contributed by atoms with Crippen LogP contribution in [0, 0.1) is 11.2 Å². The van der Waals surface area contributed by atoms with Gasteiger partial charge in [0.2, 0.25) is 5.91 Å². The first-order valence-corrected chi connectivity index (χ1v) is 11.4. The maximum atomic E-state index is 13.3. The normalized spacial score (nSPS) is 17.5. The third-order valence-electron chi connectivity index (χ3n) is 5.91. The molecule has 1 aliphatic heterocycles. The molecule has 1 fully saturated rings. The average Bonchev–Trinajstić information content (AvgIpc) is 3.37. The fraction of sp³-hybridized carbons (Fsp3) is 0.231. The second kappa shape index (κ2) is 11.0. The number of ether oxygens (including phenoxy) is 1. The summed E-state index contributed by atoms with van der Waals surface area (Å²) in [6, 6.07) is 10.2. The molecule has 1 atom stereocenters. The van der Waals surface area contributed by atoms with Gasteiger partial charge in [-0.3, -0.25) is 14.6 Å². The highest BCUT2D eigenvalue weighted by molar-refractivity contribution is 6.05. The predicted molar refractivity (Wildman–Crippen MR) is 132 cm³/mol. The van der Waals surface area contributed by atoms with Crippen LogP contribution in [0.5, 0.6) is 0 Å². The number of rotatable bonds is 7. The topological polar surface area (TPSA) is 119 Å². The van der Waals surface area contributed by atoms with Gasteiger partial charge in [0, 0.05) is 37.4 Å². The van der Waals surface area contributed by atoms with E-state index < -0.39 is 28.9 Å². The standard InChI is InChI=1S/C26H23F4N5O3/c27-18-3-6-22(21(10-18)26(28,29)30)35-20-4-1-16(2-5-20)11-33-24(37)25(7-8-38-15-25)14-34-23(36)17-9-19(31)13-32-12-17/h1-6,9-10,12-14,35H,7-8,11,15,31H2,(H,33,37). The van der Waals surface area contributed by atoms with E-state index in [-0.39, 0.29) is 30.3 Å². The number of hydrogen-bond acceptors (Lipinski definition) is 6. The largest absolute Gasteiger partial charge is 0.418 e. The van der Waals surface area contributed by atoms with E-state index in [9.17, 15) is 27.2 Å². The number of alkyl halides is 3. The van der Waals surface area contributed by atoms with Gasteiger partial charge in [-0.05, 0) is 48.4 Å². The lowest BCUT2D eigenvalue weighted by atomic mass is 9.87. The molecule has 1 unspecified atom stereocenters. The van der Waals surface area contributed by atoms with E-state index >= 15 is 0 Å². The Morgan fingerprint density at radius 1 is 1.13 bits per heavy atom. The Bertz CT molecular complexity index is 1350. The maximum absolute atomic E-state index is 13.3. The number of amides is 2. The predicted octanol–water partition coefficient (Wildman–Crippen LogP) is 4.50. The molecule has 2 heterocycles. The molecule has 0 aliphatic carbocycles. The summed E-state index contributed by atoms with van der Waals surface area (Å²) in [5, 5.41) is 5.44. The molecule has 1 aliphatic rings. The number of nitrogens with one attached hydrogen (secondary N) is 2. The SMILES string of the molecule is Nc1cncc(C(=O)N=CC2(C(=O)NCc3ccc(Nc4ccc(F)cc4C(F)(F)F)cc3)CCOC2)c1. The second-order valence-electron chi connectivity index (χ2n) is 8.72. The molecule has 2 aromatic carbocycles. The molecule has 1 aromatic heterocycles. The van der Waals surface area contributed by atoms with E-state index in [1.807, 2.05) is 0 Å². The number of hydrogen-bond donors (Lipinski definition) is 3. The van der Waals surface area contributed by atoms with Crippen molar-refractivity contribution >= 4 is 35.1 Å². The smallest absolute Gasteiger partial charge is 0.397 e. The van der Waals surface area contributed by atoms with Gasteiger partial charge in [-0.15, -0.1) is 0 Å². The van der Waals surface area contributed by atoms with Gasteiger partial charge in [-0.25, -0.2) is 9.38 Å². The lowest BCUT2D eigenvalue weighted by Crippen LogP contribution is -2.42. The molecule has 12 heteroatoms. The van der Waals surface area contributed by atoms with Gasteiger partial charge in [0.15, 0.2) is 0 Å². The summed E-state index contributed by atoms with van der Waals surface area (Å²) < 4.78 is 58.5. The van der Waals surface area contributed by atoms with Crippen molar-refractivity contribution in [1.82, 2.24) is 10.3 Å². The summed E-state index contributed by atoms with van der Waals surface area (Å²) in [6.45, 7) is 0.482. The third kappa shape index (κ3) is 6.32. The lowest BCUT2D eigenvalue weighted by molar-refractivity contribution is -0.137. The van der Waals surface area contributed by atoms with E-state index in [0.717, 1.165) is 12.1 Å². The first-order chi connectivity index (χ1) is 18.1. The van der Waals surface area contributed by atoms with Crippen LogP contribution in [0.4, 0.5) is 34.6 Å². The van der Waals surface area contributed by atoms with Gasteiger partial charge in [0.25, 0.3) is 5.91 Å². The molecule has 0 radical (unpaired) electrons. The summed E-state index contributed by atoms with van der Waals surface area (Å²) in [4.78, 5) is 33.2. The van der Waals surface area contributed by atoms with Crippen molar-refractivity contribution < 1.29 is 31.9 Å². The molecule has 4 N–H and O–H groups in total. The van der Waals surface area contributed by atoms with Crippen LogP contribution in [0.15, 0.2) is 65.9 Å². The average molecular weight is 529 g/mol. The zero-order valence-electron chi connectivity index (χ0n) is 19.9. The highest BCUT2D eigenvalue weighted by Gasteiger charge is 2.41. The monoisotopic (exact) mass is 529 g/mol. The molecule has 1 saturated heterocycles. The number of nitrogen functional groups attached to an aromatic ring is 1. The Morgan fingerprint density at radius 2 is 1.89 bits per heavy atom. The minimum atomic E-state index is -4.73. The van der Waals surface area contributed by atoms with Crippen LogP contribution in [0.2, 0.25) is 0 Å². The number of nitrogens with zero attached hydrogens (tertiary/aromatic N) is 2. The number of benzene rings is 2. The molecule has 3 aromatic rings. The highest BCUT2D eigenvalue weighted by atomic mass is 19.4. The Labute approximate surface area is 214 Å². The summed E-state index contributed by atoms with van der Waals surface area (Å²) in [5.41, 5.74) is 4.62. The van der Waals surface area contributed by atoms with Crippen LogP contribution >= 0.6 is 0 Å². The second-order valence-corrected chi connectivity index (χ2v) is 8.72. The van der Waals surface area contributed by atoms with E-state index in [4.69, 9.17) is 10.5 Å². The van der Waals surface area contributed by atoms with E-state index in [2.05, 4.69) is 20.6 Å². The first-order valence-electron chi connectivity index (χ1n) is 11.4. The quantitative estimate of drug-likeness (QED) is 0.306. The van der Waals surface area contributed by atoms with E-state index in [1.165, 1.54) is 24.7 Å². The molecule has 8 nitrogen and oxygen atoms in total. The van der Waals surface area contributed by atoms with E-state index in [0.29, 0.717) is 36.0 Å². The number of carbonyl (C=O) groups excluding carboxylic acids is 2. The third-order valence-corrected chi connectivity index (χ3v) is 5.91. The number of nitrogens with two attached hydrogens (primary N) is 1. The fourth-order valence-electron chi connectivity index (χ4n) is 3.83. The highest BCUT2D eigenvalue weighted by Crippen LogP contribution is 2.36. The van der Waals surface area contributed by atoms with Gasteiger partial charge in [0.1, 0.15) is 11.2 Å². The molecule has 2 amide bonds. The van der Waals surface area contributed by atoms with Crippen molar-refractivity contribution in [2.45, 2.75) is 19.1 Å². The Hall–Kier alpha value is -4.32. The number of pyridine rings is 1. The molecule has 198 valence electrons. The van der Waals surface area contributed by atoms with Crippen LogP contribution in [-0.4, -0.2) is 36.2 Å². The molecular weight excluding hydrogens is 506 g/mol. The summed E-state index contributed by atoms with van der Waals surface area (Å²) in [6.07, 6.45) is -0.395. The summed E-state index contributed by atoms with van der Waals surface area (Å²) in [5.74, 6) is -1.97. The van der Waals surface area contributed by atoms with Crippen LogP contribution in [-0.2, 0) is 22.3 Å². The number of aliphatic imine (C=N–C) groups is 1.